The Morgan fingerprint density at radius 2 is 2.05 bits per heavy atom. The van der Waals surface area contributed by atoms with Crippen molar-refractivity contribution < 1.29 is 19.4 Å². The standard InChI is InChI=1S/C13H8ClNO4/c14-13-7(1-2-12(16)17)3-8-4-10-11(19-6-18-10)5-9(8)15-13/h1-5H,6H2,(H,16,17)/b2-1+. The number of pyridine rings is 1. The van der Waals surface area contributed by atoms with Crippen LogP contribution in [0.2, 0.25) is 5.15 Å². The summed E-state index contributed by atoms with van der Waals surface area (Å²) in [5.74, 6) is 0.233. The summed E-state index contributed by atoms with van der Waals surface area (Å²) in [7, 11) is 0. The number of rotatable bonds is 2. The van der Waals surface area contributed by atoms with Gasteiger partial charge in [0.2, 0.25) is 6.79 Å². The number of carbonyl (C=O) groups is 1. The van der Waals surface area contributed by atoms with Gasteiger partial charge in [0, 0.05) is 23.1 Å². The number of hydrogen-bond acceptors (Lipinski definition) is 4. The van der Waals surface area contributed by atoms with Gasteiger partial charge in [0.05, 0.1) is 5.52 Å². The number of aromatic nitrogens is 1. The van der Waals surface area contributed by atoms with Crippen molar-refractivity contribution in [3.8, 4) is 11.5 Å². The van der Waals surface area contributed by atoms with E-state index in [-0.39, 0.29) is 11.9 Å². The van der Waals surface area contributed by atoms with Crippen LogP contribution in [0.15, 0.2) is 24.3 Å². The Hall–Kier alpha value is -2.27. The monoisotopic (exact) mass is 277 g/mol. The van der Waals surface area contributed by atoms with Gasteiger partial charge >= 0.3 is 5.97 Å². The van der Waals surface area contributed by atoms with E-state index in [4.69, 9.17) is 26.2 Å². The highest BCUT2D eigenvalue weighted by Gasteiger charge is 2.15. The molecule has 0 saturated carbocycles. The van der Waals surface area contributed by atoms with Crippen molar-refractivity contribution in [2.45, 2.75) is 0 Å². The molecule has 1 aromatic carbocycles. The van der Waals surface area contributed by atoms with Crippen molar-refractivity contribution in [2.24, 2.45) is 0 Å². The molecule has 0 atom stereocenters. The van der Waals surface area contributed by atoms with Crippen molar-refractivity contribution >= 4 is 34.5 Å². The molecule has 0 saturated heterocycles. The highest BCUT2D eigenvalue weighted by Crippen LogP contribution is 2.36. The van der Waals surface area contributed by atoms with Gasteiger partial charge in [0.25, 0.3) is 0 Å². The quantitative estimate of drug-likeness (QED) is 0.675. The summed E-state index contributed by atoms with van der Waals surface area (Å²) in [6, 6.07) is 5.29. The van der Waals surface area contributed by atoms with E-state index in [1.54, 1.807) is 18.2 Å². The number of nitrogens with zero attached hydrogens (tertiary/aromatic N) is 1. The molecule has 0 amide bonds. The number of carboxylic acids is 1. The molecule has 19 heavy (non-hydrogen) atoms. The van der Waals surface area contributed by atoms with Gasteiger partial charge in [-0.05, 0) is 18.2 Å². The molecule has 3 rings (SSSR count). The normalized spacial score (nSPS) is 13.3. The van der Waals surface area contributed by atoms with Gasteiger partial charge in [-0.3, -0.25) is 0 Å². The maximum Gasteiger partial charge on any atom is 0.328 e. The van der Waals surface area contributed by atoms with Crippen LogP contribution in [0.4, 0.5) is 0 Å². The molecule has 1 N–H and O–H groups in total. The minimum atomic E-state index is -1.04. The van der Waals surface area contributed by atoms with E-state index in [1.807, 2.05) is 0 Å². The number of benzene rings is 1. The first-order valence-corrected chi connectivity index (χ1v) is 5.82. The molecule has 0 aliphatic carbocycles. The lowest BCUT2D eigenvalue weighted by atomic mass is 10.1. The van der Waals surface area contributed by atoms with E-state index >= 15 is 0 Å². The molecular weight excluding hydrogens is 270 g/mol. The number of halogens is 1. The van der Waals surface area contributed by atoms with E-state index in [9.17, 15) is 4.79 Å². The first kappa shape index (κ1) is 11.8. The minimum absolute atomic E-state index is 0.186. The van der Waals surface area contributed by atoms with Crippen LogP contribution in [-0.2, 0) is 4.79 Å². The average Bonchev–Trinajstić information content (AvgIpc) is 2.80. The molecule has 2 heterocycles. The molecule has 2 aromatic rings. The predicted octanol–water partition coefficient (Wildman–Crippen LogP) is 2.71. The second-order valence-electron chi connectivity index (χ2n) is 3.94. The number of hydrogen-bond donors (Lipinski definition) is 1. The van der Waals surface area contributed by atoms with Gasteiger partial charge in [-0.2, -0.15) is 0 Å². The second kappa shape index (κ2) is 4.44. The Kier molecular flexibility index (Phi) is 2.76. The van der Waals surface area contributed by atoms with Crippen LogP contribution in [0, 0.1) is 0 Å². The van der Waals surface area contributed by atoms with Crippen LogP contribution in [0.1, 0.15) is 5.56 Å². The Morgan fingerprint density at radius 3 is 2.79 bits per heavy atom. The zero-order chi connectivity index (χ0) is 13.4. The van der Waals surface area contributed by atoms with Gasteiger partial charge in [-0.15, -0.1) is 0 Å². The van der Waals surface area contributed by atoms with E-state index in [2.05, 4.69) is 4.98 Å². The number of fused-ring (bicyclic) bond motifs is 2. The molecule has 1 aromatic heterocycles. The largest absolute Gasteiger partial charge is 0.478 e. The molecule has 0 unspecified atom stereocenters. The lowest BCUT2D eigenvalue weighted by Crippen LogP contribution is -1.92. The summed E-state index contributed by atoms with van der Waals surface area (Å²) in [6.45, 7) is 0.186. The highest BCUT2D eigenvalue weighted by atomic mass is 35.5. The highest BCUT2D eigenvalue weighted by molar-refractivity contribution is 6.31. The number of carboxylic acid groups (broad SMARTS) is 1. The topological polar surface area (TPSA) is 68.7 Å². The summed E-state index contributed by atoms with van der Waals surface area (Å²) in [6.07, 6.45) is 2.42. The van der Waals surface area contributed by atoms with E-state index < -0.39 is 5.97 Å². The molecular formula is C13H8ClNO4. The molecule has 96 valence electrons. The number of ether oxygens (including phenoxy) is 2. The Balaban J connectivity index is 2.14. The molecule has 0 spiro atoms. The van der Waals surface area contributed by atoms with Crippen LogP contribution in [-0.4, -0.2) is 22.9 Å². The summed E-state index contributed by atoms with van der Waals surface area (Å²) in [5.41, 5.74) is 1.21. The van der Waals surface area contributed by atoms with E-state index in [0.717, 1.165) is 11.5 Å². The average molecular weight is 278 g/mol. The maximum absolute atomic E-state index is 10.5. The fraction of sp³-hybridized carbons (Fsp3) is 0.0769. The van der Waals surface area contributed by atoms with Crippen molar-refractivity contribution in [1.29, 1.82) is 0 Å². The molecule has 5 nitrogen and oxygen atoms in total. The molecule has 0 radical (unpaired) electrons. The second-order valence-corrected chi connectivity index (χ2v) is 4.30. The van der Waals surface area contributed by atoms with Crippen molar-refractivity contribution in [3.05, 3.63) is 35.0 Å². The van der Waals surface area contributed by atoms with Crippen molar-refractivity contribution in [1.82, 2.24) is 4.98 Å². The Labute approximate surface area is 113 Å². The van der Waals surface area contributed by atoms with Gasteiger partial charge in [-0.25, -0.2) is 9.78 Å². The van der Waals surface area contributed by atoms with Crippen molar-refractivity contribution in [3.63, 3.8) is 0 Å². The SMILES string of the molecule is O=C(O)/C=C/c1cc2cc3c(cc2nc1Cl)OCO3. The fourth-order valence-electron chi connectivity index (χ4n) is 1.83. The summed E-state index contributed by atoms with van der Waals surface area (Å²) >= 11 is 6.01. The first-order chi connectivity index (χ1) is 9.13. The summed E-state index contributed by atoms with van der Waals surface area (Å²) < 4.78 is 10.5. The zero-order valence-corrected chi connectivity index (χ0v) is 10.3. The van der Waals surface area contributed by atoms with Crippen LogP contribution in [0.25, 0.3) is 17.0 Å². The predicted molar refractivity (Wildman–Crippen MR) is 69.5 cm³/mol. The maximum atomic E-state index is 10.5. The molecule has 0 bridgehead atoms. The molecule has 1 aliphatic heterocycles. The summed E-state index contributed by atoms with van der Waals surface area (Å²) in [4.78, 5) is 14.7. The van der Waals surface area contributed by atoms with Gasteiger partial charge < -0.3 is 14.6 Å². The van der Waals surface area contributed by atoms with E-state index in [0.29, 0.717) is 22.6 Å². The first-order valence-electron chi connectivity index (χ1n) is 5.44. The fourth-order valence-corrected chi connectivity index (χ4v) is 2.04. The van der Waals surface area contributed by atoms with Gasteiger partial charge in [0.15, 0.2) is 11.5 Å². The summed E-state index contributed by atoms with van der Waals surface area (Å²) in [5, 5.41) is 9.66. The van der Waals surface area contributed by atoms with E-state index in [1.165, 1.54) is 6.08 Å². The van der Waals surface area contributed by atoms with Crippen LogP contribution < -0.4 is 9.47 Å². The molecule has 6 heteroatoms. The van der Waals surface area contributed by atoms with Gasteiger partial charge in [-0.1, -0.05) is 11.6 Å². The zero-order valence-electron chi connectivity index (χ0n) is 9.59. The lowest BCUT2D eigenvalue weighted by Gasteiger charge is -2.03. The Bertz CT molecular complexity index is 711. The minimum Gasteiger partial charge on any atom is -0.478 e. The van der Waals surface area contributed by atoms with Gasteiger partial charge in [0.1, 0.15) is 5.15 Å². The molecule has 1 aliphatic rings. The van der Waals surface area contributed by atoms with Crippen LogP contribution >= 0.6 is 11.6 Å². The lowest BCUT2D eigenvalue weighted by molar-refractivity contribution is -0.131. The third-order valence-corrected chi connectivity index (χ3v) is 3.00. The third kappa shape index (κ3) is 2.20. The third-order valence-electron chi connectivity index (χ3n) is 2.70. The van der Waals surface area contributed by atoms with Crippen molar-refractivity contribution in [2.75, 3.05) is 6.79 Å². The number of aliphatic carboxylic acids is 1. The van der Waals surface area contributed by atoms with Crippen LogP contribution in [0.3, 0.4) is 0 Å². The Morgan fingerprint density at radius 1 is 1.32 bits per heavy atom. The smallest absolute Gasteiger partial charge is 0.328 e. The van der Waals surface area contributed by atoms with Crippen LogP contribution in [0.5, 0.6) is 11.5 Å². The molecule has 0 fully saturated rings.